The first-order valence-corrected chi connectivity index (χ1v) is 9.67. The summed E-state index contributed by atoms with van der Waals surface area (Å²) in [5.74, 6) is -3.06. The maximum atomic E-state index is 13.1. The van der Waals surface area contributed by atoms with Gasteiger partial charge in [-0.1, -0.05) is 11.8 Å². The van der Waals surface area contributed by atoms with Crippen LogP contribution in [0.2, 0.25) is 0 Å². The molecule has 0 saturated heterocycles. The summed E-state index contributed by atoms with van der Waals surface area (Å²) in [5.41, 5.74) is 1.94. The van der Waals surface area contributed by atoms with Gasteiger partial charge in [0.05, 0.1) is 17.1 Å². The summed E-state index contributed by atoms with van der Waals surface area (Å²) in [5, 5.41) is 3.56. The van der Waals surface area contributed by atoms with Crippen LogP contribution in [0.15, 0.2) is 53.4 Å². The Kier molecular flexibility index (Phi) is 6.18. The third kappa shape index (κ3) is 5.33. The molecule has 0 aliphatic heterocycles. The van der Waals surface area contributed by atoms with Crippen LogP contribution in [-0.2, 0) is 11.2 Å². The fourth-order valence-electron chi connectivity index (χ4n) is 2.49. The van der Waals surface area contributed by atoms with E-state index in [-0.39, 0.29) is 18.1 Å². The van der Waals surface area contributed by atoms with Crippen LogP contribution in [0.25, 0.3) is 11.3 Å². The van der Waals surface area contributed by atoms with Gasteiger partial charge in [-0.3, -0.25) is 4.79 Å². The molecule has 1 N–H and O–H groups in total. The van der Waals surface area contributed by atoms with Crippen molar-refractivity contribution in [3.8, 4) is 11.3 Å². The Morgan fingerprint density at radius 1 is 1.15 bits per heavy atom. The number of carbonyl (C=O) groups is 1. The van der Waals surface area contributed by atoms with Gasteiger partial charge < -0.3 is 5.32 Å². The first-order valence-electron chi connectivity index (χ1n) is 7.97. The quantitative estimate of drug-likeness (QED) is 0.528. The van der Waals surface area contributed by atoms with Gasteiger partial charge in [0.2, 0.25) is 5.91 Å². The number of anilines is 1. The summed E-state index contributed by atoms with van der Waals surface area (Å²) in [6, 6.07) is 12.2. The molecule has 0 fully saturated rings. The molecule has 0 bridgehead atoms. The number of carbonyl (C=O) groups excluding carboxylic acids is 1. The minimum atomic E-state index is -2.48. The van der Waals surface area contributed by atoms with Crippen molar-refractivity contribution in [3.63, 3.8) is 0 Å². The van der Waals surface area contributed by atoms with Gasteiger partial charge in [-0.05, 0) is 55.5 Å². The van der Waals surface area contributed by atoms with Crippen LogP contribution in [-0.4, -0.2) is 16.6 Å². The molecular formula is C19H15F3N2OS2. The van der Waals surface area contributed by atoms with E-state index >= 15 is 0 Å². The lowest BCUT2D eigenvalue weighted by molar-refractivity contribution is -0.115. The van der Waals surface area contributed by atoms with Crippen LogP contribution in [0, 0.1) is 12.7 Å². The van der Waals surface area contributed by atoms with Gasteiger partial charge in [0.1, 0.15) is 5.82 Å². The lowest BCUT2D eigenvalue weighted by atomic mass is 10.1. The number of nitrogens with one attached hydrogen (secondary N) is 1. The molecule has 3 nitrogen and oxygen atoms in total. The standard InChI is InChI=1S/C19H15F3N2OS2/c1-11-23-18(12-2-4-13(20)5-3-12)16(26-11)10-17(25)24-14-6-8-15(9-7-14)27-19(21)22/h2-9,19H,10H2,1H3,(H,24,25). The average molecular weight is 408 g/mol. The molecule has 8 heteroatoms. The molecule has 1 aromatic heterocycles. The van der Waals surface area contributed by atoms with Gasteiger partial charge in [-0.25, -0.2) is 9.37 Å². The predicted octanol–water partition coefficient (Wildman–Crippen LogP) is 5.75. The van der Waals surface area contributed by atoms with Gasteiger partial charge >= 0.3 is 0 Å². The lowest BCUT2D eigenvalue weighted by Crippen LogP contribution is -2.14. The SMILES string of the molecule is Cc1nc(-c2ccc(F)cc2)c(CC(=O)Nc2ccc(SC(F)F)cc2)s1. The summed E-state index contributed by atoms with van der Waals surface area (Å²) < 4.78 is 37.8. The van der Waals surface area contributed by atoms with E-state index in [1.165, 1.54) is 35.6 Å². The number of hydrogen-bond acceptors (Lipinski definition) is 4. The number of aromatic nitrogens is 1. The average Bonchev–Trinajstić information content (AvgIpc) is 2.97. The van der Waals surface area contributed by atoms with E-state index in [9.17, 15) is 18.0 Å². The second-order valence-electron chi connectivity index (χ2n) is 5.64. The largest absolute Gasteiger partial charge is 0.326 e. The monoisotopic (exact) mass is 408 g/mol. The third-order valence-electron chi connectivity index (χ3n) is 3.61. The van der Waals surface area contributed by atoms with E-state index in [0.717, 1.165) is 15.4 Å². The molecule has 0 radical (unpaired) electrons. The Bertz CT molecular complexity index is 925. The maximum absolute atomic E-state index is 13.1. The Balaban J connectivity index is 1.70. The van der Waals surface area contributed by atoms with Crippen molar-refractivity contribution in [2.45, 2.75) is 24.0 Å². The highest BCUT2D eigenvalue weighted by Crippen LogP contribution is 2.29. The van der Waals surface area contributed by atoms with Crippen molar-refractivity contribution < 1.29 is 18.0 Å². The predicted molar refractivity (Wildman–Crippen MR) is 103 cm³/mol. The van der Waals surface area contributed by atoms with Crippen LogP contribution in [0.1, 0.15) is 9.88 Å². The number of thiazole rings is 1. The van der Waals surface area contributed by atoms with E-state index in [1.54, 1.807) is 24.3 Å². The fourth-order valence-corrected chi connectivity index (χ4v) is 3.95. The Morgan fingerprint density at radius 3 is 2.44 bits per heavy atom. The van der Waals surface area contributed by atoms with Crippen LogP contribution in [0.4, 0.5) is 18.9 Å². The number of hydrogen-bond donors (Lipinski definition) is 1. The molecule has 0 aliphatic carbocycles. The topological polar surface area (TPSA) is 42.0 Å². The molecule has 2 aromatic carbocycles. The van der Waals surface area contributed by atoms with Gasteiger partial charge in [0, 0.05) is 21.0 Å². The van der Waals surface area contributed by atoms with E-state index in [2.05, 4.69) is 10.3 Å². The summed E-state index contributed by atoms with van der Waals surface area (Å²) in [6.45, 7) is 1.85. The number of aryl methyl sites for hydroxylation is 1. The van der Waals surface area contributed by atoms with Crippen molar-refractivity contribution in [3.05, 3.63) is 64.2 Å². The van der Waals surface area contributed by atoms with E-state index < -0.39 is 5.76 Å². The summed E-state index contributed by atoms with van der Waals surface area (Å²) in [7, 11) is 0. The van der Waals surface area contributed by atoms with Gasteiger partial charge in [0.15, 0.2) is 0 Å². The zero-order valence-corrected chi connectivity index (χ0v) is 15.8. The number of rotatable bonds is 6. The van der Waals surface area contributed by atoms with Crippen LogP contribution in [0.3, 0.4) is 0 Å². The number of benzene rings is 2. The Morgan fingerprint density at radius 2 is 1.81 bits per heavy atom. The lowest BCUT2D eigenvalue weighted by Gasteiger charge is -2.07. The maximum Gasteiger partial charge on any atom is 0.288 e. The van der Waals surface area contributed by atoms with E-state index in [4.69, 9.17) is 0 Å². The minimum Gasteiger partial charge on any atom is -0.326 e. The molecule has 0 spiro atoms. The van der Waals surface area contributed by atoms with Crippen molar-refractivity contribution in [1.29, 1.82) is 0 Å². The van der Waals surface area contributed by atoms with Crippen molar-refractivity contribution in [2.24, 2.45) is 0 Å². The number of nitrogens with zero attached hydrogens (tertiary/aromatic N) is 1. The number of amides is 1. The highest BCUT2D eigenvalue weighted by atomic mass is 32.2. The summed E-state index contributed by atoms with van der Waals surface area (Å²) in [6.07, 6.45) is 0.117. The van der Waals surface area contributed by atoms with E-state index in [1.807, 2.05) is 6.92 Å². The molecule has 3 rings (SSSR count). The van der Waals surface area contributed by atoms with Crippen molar-refractivity contribution in [1.82, 2.24) is 4.98 Å². The van der Waals surface area contributed by atoms with Crippen molar-refractivity contribution >= 4 is 34.7 Å². The fraction of sp³-hybridized carbons (Fsp3) is 0.158. The number of thioether (sulfide) groups is 1. The first-order chi connectivity index (χ1) is 12.9. The molecule has 140 valence electrons. The first kappa shape index (κ1) is 19.4. The number of halogens is 3. The Labute approximate surface area is 162 Å². The minimum absolute atomic E-state index is 0.117. The molecule has 1 amide bonds. The van der Waals surface area contributed by atoms with Crippen LogP contribution in [0.5, 0.6) is 0 Å². The smallest absolute Gasteiger partial charge is 0.288 e. The Hall–Kier alpha value is -2.32. The molecule has 0 aliphatic rings. The molecule has 0 saturated carbocycles. The zero-order valence-electron chi connectivity index (χ0n) is 14.2. The third-order valence-corrected chi connectivity index (χ3v) is 5.30. The highest BCUT2D eigenvalue weighted by Gasteiger charge is 2.15. The number of alkyl halides is 2. The molecule has 1 heterocycles. The summed E-state index contributed by atoms with van der Waals surface area (Å²) >= 11 is 1.86. The highest BCUT2D eigenvalue weighted by molar-refractivity contribution is 7.99. The molecule has 0 atom stereocenters. The molecular weight excluding hydrogens is 393 g/mol. The van der Waals surface area contributed by atoms with Crippen molar-refractivity contribution in [2.75, 3.05) is 5.32 Å². The van der Waals surface area contributed by atoms with E-state index in [0.29, 0.717) is 28.0 Å². The molecule has 27 heavy (non-hydrogen) atoms. The second kappa shape index (κ2) is 8.58. The summed E-state index contributed by atoms with van der Waals surface area (Å²) in [4.78, 5) is 18.0. The van der Waals surface area contributed by atoms with Gasteiger partial charge in [-0.15, -0.1) is 11.3 Å². The molecule has 0 unspecified atom stereocenters. The van der Waals surface area contributed by atoms with Gasteiger partial charge in [-0.2, -0.15) is 8.78 Å². The zero-order chi connectivity index (χ0) is 19.4. The second-order valence-corrected chi connectivity index (χ2v) is 7.99. The molecule has 3 aromatic rings. The normalized spacial score (nSPS) is 11.0. The van der Waals surface area contributed by atoms with Crippen LogP contribution < -0.4 is 5.32 Å². The van der Waals surface area contributed by atoms with Crippen LogP contribution >= 0.6 is 23.1 Å². The van der Waals surface area contributed by atoms with Gasteiger partial charge in [0.25, 0.3) is 5.76 Å².